The van der Waals surface area contributed by atoms with Crippen LogP contribution in [0.3, 0.4) is 0 Å². The molecule has 2 aliphatic carbocycles. The predicted octanol–water partition coefficient (Wildman–Crippen LogP) is 3.63. The molecule has 0 spiro atoms. The van der Waals surface area contributed by atoms with Gasteiger partial charge < -0.3 is 0 Å². The Morgan fingerprint density at radius 1 is 0.833 bits per heavy atom. The molecule has 0 aromatic rings. The highest BCUT2D eigenvalue weighted by Gasteiger charge is 2.32. The third-order valence-electron chi connectivity index (χ3n) is 4.03. The monoisotopic (exact) mass is 164 g/mol. The summed E-state index contributed by atoms with van der Waals surface area (Å²) in [7, 11) is 0. The van der Waals surface area contributed by atoms with Gasteiger partial charge in [-0.25, -0.2) is 0 Å². The van der Waals surface area contributed by atoms with Crippen molar-refractivity contribution in [1.82, 2.24) is 0 Å². The maximum atomic E-state index is 2.43. The molecule has 0 aromatic carbocycles. The molecule has 1 saturated carbocycles. The third-order valence-corrected chi connectivity index (χ3v) is 4.03. The molecule has 0 bridgehead atoms. The minimum absolute atomic E-state index is 0.970. The van der Waals surface area contributed by atoms with Crippen LogP contribution in [0.1, 0.15) is 39.5 Å². The summed E-state index contributed by atoms with van der Waals surface area (Å²) >= 11 is 0. The Labute approximate surface area is 76.1 Å². The second-order valence-electron chi connectivity index (χ2n) is 4.89. The molecule has 0 nitrogen and oxygen atoms in total. The zero-order chi connectivity index (χ0) is 8.55. The van der Waals surface area contributed by atoms with Crippen molar-refractivity contribution in [1.29, 1.82) is 0 Å². The lowest BCUT2D eigenvalue weighted by Crippen LogP contribution is -2.30. The van der Waals surface area contributed by atoms with E-state index < -0.39 is 0 Å². The van der Waals surface area contributed by atoms with Crippen molar-refractivity contribution < 1.29 is 0 Å². The van der Waals surface area contributed by atoms with Crippen LogP contribution in [0.15, 0.2) is 12.2 Å². The van der Waals surface area contributed by atoms with Gasteiger partial charge in [0.25, 0.3) is 0 Å². The fourth-order valence-corrected chi connectivity index (χ4v) is 2.92. The Balaban J connectivity index is 2.04. The number of allylic oxidation sites excluding steroid dienone is 2. The highest BCUT2D eigenvalue weighted by molar-refractivity contribution is 4.97. The van der Waals surface area contributed by atoms with E-state index in [1.54, 1.807) is 0 Å². The normalized spacial score (nSPS) is 47.2. The van der Waals surface area contributed by atoms with Crippen molar-refractivity contribution >= 4 is 0 Å². The van der Waals surface area contributed by atoms with E-state index >= 15 is 0 Å². The van der Waals surface area contributed by atoms with Crippen molar-refractivity contribution in [3.8, 4) is 0 Å². The van der Waals surface area contributed by atoms with Crippen molar-refractivity contribution in [2.24, 2.45) is 23.7 Å². The van der Waals surface area contributed by atoms with E-state index in [2.05, 4.69) is 26.0 Å². The van der Waals surface area contributed by atoms with Gasteiger partial charge in [-0.1, -0.05) is 26.0 Å². The summed E-state index contributed by atoms with van der Waals surface area (Å²) in [5.41, 5.74) is 0. The molecule has 12 heavy (non-hydrogen) atoms. The van der Waals surface area contributed by atoms with Crippen LogP contribution in [-0.4, -0.2) is 0 Å². The first-order valence-corrected chi connectivity index (χ1v) is 5.42. The lowest BCUT2D eigenvalue weighted by molar-refractivity contribution is 0.130. The van der Waals surface area contributed by atoms with Crippen molar-refractivity contribution in [2.45, 2.75) is 39.5 Å². The maximum Gasteiger partial charge on any atom is -0.0319 e. The van der Waals surface area contributed by atoms with Crippen molar-refractivity contribution in [2.75, 3.05) is 0 Å². The lowest BCUT2D eigenvalue weighted by Gasteiger charge is -2.40. The van der Waals surface area contributed by atoms with Gasteiger partial charge in [-0.05, 0) is 49.4 Å². The zero-order valence-electron chi connectivity index (χ0n) is 8.29. The van der Waals surface area contributed by atoms with Gasteiger partial charge in [0.2, 0.25) is 0 Å². The standard InChI is InChI=1S/C12H20/c1-9-7-11-5-3-4-6-12(11)8-10(9)2/h3-4,9-12H,5-8H2,1-2H3/t9?,10?,11-,12+. The molecule has 2 rings (SSSR count). The Morgan fingerprint density at radius 2 is 1.25 bits per heavy atom. The van der Waals surface area contributed by atoms with E-state index in [9.17, 15) is 0 Å². The molecule has 4 atom stereocenters. The summed E-state index contributed by atoms with van der Waals surface area (Å²) in [5, 5.41) is 0. The molecule has 0 saturated heterocycles. The summed E-state index contributed by atoms with van der Waals surface area (Å²) < 4.78 is 0. The molecule has 0 aliphatic heterocycles. The van der Waals surface area contributed by atoms with Crippen molar-refractivity contribution in [3.05, 3.63) is 12.2 Å². The predicted molar refractivity (Wildman–Crippen MR) is 52.9 cm³/mol. The highest BCUT2D eigenvalue weighted by atomic mass is 14.4. The Kier molecular flexibility index (Phi) is 2.25. The SMILES string of the molecule is CC1C[C@H]2CC=CC[C@H]2CC1C. The minimum atomic E-state index is 0.970. The third kappa shape index (κ3) is 1.44. The van der Waals surface area contributed by atoms with Crippen LogP contribution in [0.2, 0.25) is 0 Å². The van der Waals surface area contributed by atoms with E-state index in [0.29, 0.717) is 0 Å². The van der Waals surface area contributed by atoms with Gasteiger partial charge in [0.15, 0.2) is 0 Å². The molecular formula is C12H20. The molecule has 0 aromatic heterocycles. The average molecular weight is 164 g/mol. The van der Waals surface area contributed by atoms with E-state index in [0.717, 1.165) is 23.7 Å². The number of hydrogen-bond acceptors (Lipinski definition) is 0. The largest absolute Gasteiger partial charge is 0.0882 e. The topological polar surface area (TPSA) is 0 Å². The smallest absolute Gasteiger partial charge is 0.0319 e. The highest BCUT2D eigenvalue weighted by Crippen LogP contribution is 2.42. The lowest BCUT2D eigenvalue weighted by atomic mass is 9.66. The summed E-state index contributed by atoms with van der Waals surface area (Å²) in [6, 6.07) is 0. The maximum absolute atomic E-state index is 2.43. The zero-order valence-corrected chi connectivity index (χ0v) is 8.29. The fraction of sp³-hybridized carbons (Fsp3) is 0.833. The van der Waals surface area contributed by atoms with Crippen LogP contribution >= 0.6 is 0 Å². The summed E-state index contributed by atoms with van der Waals surface area (Å²) in [4.78, 5) is 0. The molecule has 0 heteroatoms. The first-order valence-electron chi connectivity index (χ1n) is 5.42. The molecule has 0 heterocycles. The van der Waals surface area contributed by atoms with Gasteiger partial charge in [0.05, 0.1) is 0 Å². The van der Waals surface area contributed by atoms with Crippen LogP contribution < -0.4 is 0 Å². The second kappa shape index (κ2) is 3.24. The van der Waals surface area contributed by atoms with Crippen LogP contribution in [0.25, 0.3) is 0 Å². The van der Waals surface area contributed by atoms with Crippen LogP contribution in [0.4, 0.5) is 0 Å². The summed E-state index contributed by atoms with van der Waals surface area (Å²) in [5.74, 6) is 4.00. The molecule has 68 valence electrons. The van der Waals surface area contributed by atoms with Crippen LogP contribution in [0.5, 0.6) is 0 Å². The van der Waals surface area contributed by atoms with E-state index in [1.807, 2.05) is 0 Å². The summed E-state index contributed by atoms with van der Waals surface area (Å²) in [6.45, 7) is 4.86. The van der Waals surface area contributed by atoms with Gasteiger partial charge in [-0.15, -0.1) is 0 Å². The van der Waals surface area contributed by atoms with Crippen LogP contribution in [-0.2, 0) is 0 Å². The molecule has 2 aliphatic rings. The average Bonchev–Trinajstić information content (AvgIpc) is 2.07. The first-order chi connectivity index (χ1) is 5.77. The van der Waals surface area contributed by atoms with Gasteiger partial charge in [-0.3, -0.25) is 0 Å². The second-order valence-corrected chi connectivity index (χ2v) is 4.89. The van der Waals surface area contributed by atoms with E-state index in [-0.39, 0.29) is 0 Å². The van der Waals surface area contributed by atoms with Gasteiger partial charge in [-0.2, -0.15) is 0 Å². The van der Waals surface area contributed by atoms with E-state index in [4.69, 9.17) is 0 Å². The summed E-state index contributed by atoms with van der Waals surface area (Å²) in [6.07, 6.45) is 10.5. The molecule has 0 amide bonds. The Bertz CT molecular complexity index is 160. The van der Waals surface area contributed by atoms with Gasteiger partial charge in [0, 0.05) is 0 Å². The molecule has 0 N–H and O–H groups in total. The minimum Gasteiger partial charge on any atom is -0.0882 e. The molecule has 0 radical (unpaired) electrons. The van der Waals surface area contributed by atoms with E-state index in [1.165, 1.54) is 25.7 Å². The van der Waals surface area contributed by atoms with Gasteiger partial charge in [0.1, 0.15) is 0 Å². The fourth-order valence-electron chi connectivity index (χ4n) is 2.92. The molecule has 2 unspecified atom stereocenters. The quantitative estimate of drug-likeness (QED) is 0.479. The Hall–Kier alpha value is -0.260. The van der Waals surface area contributed by atoms with Crippen molar-refractivity contribution in [3.63, 3.8) is 0 Å². The molecular weight excluding hydrogens is 144 g/mol. The number of hydrogen-bond donors (Lipinski definition) is 0. The number of rotatable bonds is 0. The van der Waals surface area contributed by atoms with Crippen LogP contribution in [0, 0.1) is 23.7 Å². The first kappa shape index (κ1) is 8.34. The van der Waals surface area contributed by atoms with Gasteiger partial charge >= 0.3 is 0 Å². The number of fused-ring (bicyclic) bond motifs is 1. The Morgan fingerprint density at radius 3 is 1.67 bits per heavy atom. The molecule has 1 fully saturated rings.